The van der Waals surface area contributed by atoms with Crippen molar-refractivity contribution < 1.29 is 38.8 Å². The van der Waals surface area contributed by atoms with E-state index >= 15 is 0 Å². The highest BCUT2D eigenvalue weighted by atomic mass is 16.5. The number of likely N-dealkylation sites (tertiary alicyclic amines) is 1. The van der Waals surface area contributed by atoms with Crippen LogP contribution in [0.1, 0.15) is 35.7 Å². The fourth-order valence-corrected chi connectivity index (χ4v) is 5.24. The number of urea groups is 1. The summed E-state index contributed by atoms with van der Waals surface area (Å²) in [4.78, 5) is 66.9. The van der Waals surface area contributed by atoms with Crippen LogP contribution in [0.25, 0.3) is 0 Å². The average molecular weight is 557 g/mol. The van der Waals surface area contributed by atoms with Crippen molar-refractivity contribution in [3.05, 3.63) is 29.3 Å². The Morgan fingerprint density at radius 3 is 2.50 bits per heavy atom. The maximum Gasteiger partial charge on any atom is 0.547 e. The van der Waals surface area contributed by atoms with Crippen LogP contribution in [0, 0.1) is 11.3 Å². The van der Waals surface area contributed by atoms with Crippen molar-refractivity contribution in [3.63, 3.8) is 0 Å². The Hall–Kier alpha value is -4.34. The molecule has 0 radical (unpaired) electrons. The van der Waals surface area contributed by atoms with Gasteiger partial charge in [0.2, 0.25) is 5.91 Å². The number of guanidine groups is 1. The molecule has 4 rings (SSSR count). The molecule has 16 heteroatoms. The molecule has 3 aliphatic heterocycles. The minimum atomic E-state index is -1.56. The van der Waals surface area contributed by atoms with Gasteiger partial charge in [0.25, 0.3) is 0 Å². The summed E-state index contributed by atoms with van der Waals surface area (Å²) in [6, 6.07) is 2.47. The van der Waals surface area contributed by atoms with Crippen molar-refractivity contribution in [2.24, 2.45) is 11.7 Å². The van der Waals surface area contributed by atoms with Crippen LogP contribution in [-0.2, 0) is 20.8 Å². The molecule has 40 heavy (non-hydrogen) atoms. The van der Waals surface area contributed by atoms with E-state index in [1.54, 1.807) is 17.9 Å². The largest absolute Gasteiger partial charge is 0.547 e. The average Bonchev–Trinajstić information content (AvgIpc) is 2.93. The second kappa shape index (κ2) is 11.8. The third kappa shape index (κ3) is 5.80. The molecule has 7 N–H and O–H groups in total. The second-order valence-corrected chi connectivity index (χ2v) is 9.91. The molecule has 2 saturated heterocycles. The summed E-state index contributed by atoms with van der Waals surface area (Å²) in [5.41, 5.74) is 5.94. The number of likely N-dealkylation sites (N-methyl/N-ethyl adjacent to an activating group) is 1. The van der Waals surface area contributed by atoms with Gasteiger partial charge in [-0.15, -0.1) is 0 Å². The number of carbonyl (C=O) groups is 5. The summed E-state index contributed by atoms with van der Waals surface area (Å²) in [6.07, 6.45) is 0.852. The van der Waals surface area contributed by atoms with Gasteiger partial charge in [0, 0.05) is 32.7 Å². The number of hydrogen-bond donors (Lipinski definition) is 6. The Morgan fingerprint density at radius 1 is 1.18 bits per heavy atom. The van der Waals surface area contributed by atoms with Crippen LogP contribution in [0.2, 0.25) is 0 Å². The van der Waals surface area contributed by atoms with Gasteiger partial charge in [-0.2, -0.15) is 0 Å². The summed E-state index contributed by atoms with van der Waals surface area (Å²) in [6.45, 7) is 2.92. The summed E-state index contributed by atoms with van der Waals surface area (Å²) >= 11 is 0. The summed E-state index contributed by atoms with van der Waals surface area (Å²) < 4.78 is 5.46. The fourth-order valence-electron chi connectivity index (χ4n) is 5.24. The summed E-state index contributed by atoms with van der Waals surface area (Å²) in [5, 5.41) is 33.0. The number of hydrogen-bond acceptors (Lipinski definition) is 8. The SMILES string of the molecule is CCN1CCN(C(=O)NC(C(=O)NC2Cc3cccc(C(=O)O)c3OB2O)C2CCN(C(=N)N)CC2)C(=O)C1=O. The Balaban J connectivity index is 1.51. The van der Waals surface area contributed by atoms with Gasteiger partial charge in [0.1, 0.15) is 11.8 Å². The van der Waals surface area contributed by atoms with Gasteiger partial charge < -0.3 is 41.0 Å². The highest BCUT2D eigenvalue weighted by molar-refractivity contribution is 6.47. The van der Waals surface area contributed by atoms with Gasteiger partial charge in [-0.05, 0) is 43.7 Å². The highest BCUT2D eigenvalue weighted by Gasteiger charge is 2.42. The maximum atomic E-state index is 13.6. The van der Waals surface area contributed by atoms with Crippen molar-refractivity contribution in [2.75, 3.05) is 32.7 Å². The monoisotopic (exact) mass is 557 g/mol. The van der Waals surface area contributed by atoms with Gasteiger partial charge in [0.05, 0.1) is 11.5 Å². The lowest BCUT2D eigenvalue weighted by Crippen LogP contribution is -2.63. The van der Waals surface area contributed by atoms with E-state index in [0.29, 0.717) is 38.0 Å². The predicted octanol–water partition coefficient (Wildman–Crippen LogP) is -1.80. The molecule has 2 atom stereocenters. The third-order valence-corrected chi connectivity index (χ3v) is 7.53. The van der Waals surface area contributed by atoms with Crippen LogP contribution in [0.5, 0.6) is 5.75 Å². The molecule has 3 heterocycles. The number of rotatable bonds is 6. The maximum absolute atomic E-state index is 13.6. The number of carbonyl (C=O) groups excluding carboxylic acids is 4. The minimum absolute atomic E-state index is 0.0175. The van der Waals surface area contributed by atoms with Gasteiger partial charge in [0.15, 0.2) is 5.96 Å². The quantitative estimate of drug-likeness (QED) is 0.0997. The van der Waals surface area contributed by atoms with E-state index in [4.69, 9.17) is 15.8 Å². The first kappa shape index (κ1) is 28.7. The fraction of sp³-hybridized carbons (Fsp3) is 0.500. The van der Waals surface area contributed by atoms with Crippen molar-refractivity contribution in [1.29, 1.82) is 5.41 Å². The number of piperidine rings is 1. The smallest absolute Gasteiger partial charge is 0.534 e. The van der Waals surface area contributed by atoms with Crippen molar-refractivity contribution >= 4 is 42.8 Å². The lowest BCUT2D eigenvalue weighted by molar-refractivity contribution is -0.153. The standard InChI is InChI=1S/C24H32BN7O8/c1-2-30-10-11-32(21(35)20(30)34)24(38)29-17(13-6-8-31(9-7-13)23(26)27)19(33)28-16-12-14-4-3-5-15(22(36)37)18(14)40-25(16)39/h3-5,13,16-17,39H,2,6-12H2,1H3,(H3,26,27)(H,28,33)(H,29,38)(H,36,37). The number of aromatic carboxylic acids is 1. The van der Waals surface area contributed by atoms with Crippen LogP contribution < -0.4 is 21.0 Å². The Bertz CT molecular complexity index is 1220. The molecule has 3 aliphatic rings. The van der Waals surface area contributed by atoms with E-state index in [-0.39, 0.29) is 36.8 Å². The number of benzene rings is 1. The molecule has 1 aromatic carbocycles. The lowest BCUT2D eigenvalue weighted by Gasteiger charge is -2.38. The Morgan fingerprint density at radius 2 is 1.88 bits per heavy atom. The molecule has 0 bridgehead atoms. The first-order valence-electron chi connectivity index (χ1n) is 13.0. The number of nitrogens with two attached hydrogens (primary N) is 1. The van der Waals surface area contributed by atoms with Gasteiger partial charge in [-0.3, -0.25) is 24.7 Å². The molecule has 5 amide bonds. The van der Waals surface area contributed by atoms with E-state index in [2.05, 4.69) is 10.6 Å². The molecule has 214 valence electrons. The second-order valence-electron chi connectivity index (χ2n) is 9.91. The van der Waals surface area contributed by atoms with E-state index < -0.39 is 54.7 Å². The van der Waals surface area contributed by atoms with Crippen molar-refractivity contribution in [3.8, 4) is 5.75 Å². The van der Waals surface area contributed by atoms with Crippen LogP contribution in [0.4, 0.5) is 4.79 Å². The molecule has 0 aliphatic carbocycles. The first-order valence-corrected chi connectivity index (χ1v) is 13.0. The number of carboxylic acids is 1. The molecule has 15 nitrogen and oxygen atoms in total. The number of imide groups is 1. The molecule has 0 aromatic heterocycles. The van der Waals surface area contributed by atoms with E-state index in [1.807, 2.05) is 0 Å². The number of amides is 5. The predicted molar refractivity (Wildman–Crippen MR) is 140 cm³/mol. The Labute approximate surface area is 230 Å². The van der Waals surface area contributed by atoms with Gasteiger partial charge in [-0.25, -0.2) is 9.59 Å². The number of nitrogens with one attached hydrogen (secondary N) is 3. The van der Waals surface area contributed by atoms with Gasteiger partial charge >= 0.3 is 30.9 Å². The van der Waals surface area contributed by atoms with Crippen LogP contribution in [0.15, 0.2) is 18.2 Å². The zero-order chi connectivity index (χ0) is 29.1. The summed E-state index contributed by atoms with van der Waals surface area (Å²) in [7, 11) is -1.56. The minimum Gasteiger partial charge on any atom is -0.534 e. The van der Waals surface area contributed by atoms with Gasteiger partial charge in [-0.1, -0.05) is 12.1 Å². The van der Waals surface area contributed by atoms with Crippen LogP contribution in [-0.4, -0.2) is 112 Å². The zero-order valence-electron chi connectivity index (χ0n) is 22.0. The Kier molecular flexibility index (Phi) is 8.47. The first-order chi connectivity index (χ1) is 19.0. The molecule has 0 spiro atoms. The molecule has 2 unspecified atom stereocenters. The van der Waals surface area contributed by atoms with E-state index in [9.17, 15) is 34.1 Å². The molecule has 1 aromatic rings. The molecule has 2 fully saturated rings. The lowest BCUT2D eigenvalue weighted by atomic mass is 9.72. The number of carboxylic acid groups (broad SMARTS) is 1. The topological polar surface area (TPSA) is 219 Å². The number of fused-ring (bicyclic) bond motifs is 1. The van der Waals surface area contributed by atoms with Crippen molar-refractivity contribution in [2.45, 2.75) is 38.2 Å². The zero-order valence-corrected chi connectivity index (χ0v) is 22.0. The number of para-hydroxylation sites is 1. The third-order valence-electron chi connectivity index (χ3n) is 7.53. The molecule has 0 saturated carbocycles. The van der Waals surface area contributed by atoms with Crippen LogP contribution in [0.3, 0.4) is 0 Å². The normalized spacial score (nSPS) is 20.4. The highest BCUT2D eigenvalue weighted by Crippen LogP contribution is 2.30. The molecular weight excluding hydrogens is 525 g/mol. The van der Waals surface area contributed by atoms with E-state index in [0.717, 1.165) is 4.90 Å². The van der Waals surface area contributed by atoms with Crippen LogP contribution >= 0.6 is 0 Å². The number of nitrogens with zero attached hydrogens (tertiary/aromatic N) is 3. The van der Waals surface area contributed by atoms with E-state index in [1.165, 1.54) is 17.0 Å². The molecular formula is C24H32BN7O8. The number of piperazine rings is 1. The summed E-state index contributed by atoms with van der Waals surface area (Å²) in [5.74, 6) is -5.12. The van der Waals surface area contributed by atoms with Crippen molar-refractivity contribution in [1.82, 2.24) is 25.3 Å².